The van der Waals surface area contributed by atoms with Gasteiger partial charge in [-0.05, 0) is 44.5 Å². The highest BCUT2D eigenvalue weighted by Crippen LogP contribution is 2.16. The number of benzene rings is 1. The Bertz CT molecular complexity index is 479. The van der Waals surface area contributed by atoms with Crippen LogP contribution >= 0.6 is 0 Å². The molecule has 0 fully saturated rings. The summed E-state index contributed by atoms with van der Waals surface area (Å²) >= 11 is 0. The van der Waals surface area contributed by atoms with E-state index in [1.807, 2.05) is 40.0 Å². The van der Waals surface area contributed by atoms with Crippen LogP contribution in [-0.2, 0) is 10.0 Å². The van der Waals surface area contributed by atoms with Crippen LogP contribution in [0.25, 0.3) is 0 Å². The van der Waals surface area contributed by atoms with Gasteiger partial charge in [-0.25, -0.2) is 13.1 Å². The van der Waals surface area contributed by atoms with Crippen molar-refractivity contribution in [1.29, 1.82) is 0 Å². The molecule has 4 nitrogen and oxygen atoms in total. The Hall–Kier alpha value is -0.910. The zero-order valence-corrected chi connectivity index (χ0v) is 12.9. The van der Waals surface area contributed by atoms with E-state index in [0.717, 1.165) is 18.4 Å². The van der Waals surface area contributed by atoms with Gasteiger partial charge < -0.3 is 5.32 Å². The van der Waals surface area contributed by atoms with Crippen LogP contribution in [0.4, 0.5) is 0 Å². The van der Waals surface area contributed by atoms with Crippen LogP contribution < -0.4 is 10.0 Å². The maximum atomic E-state index is 12.2. The van der Waals surface area contributed by atoms with Gasteiger partial charge in [0.2, 0.25) is 10.0 Å². The van der Waals surface area contributed by atoms with Crippen LogP contribution in [0.3, 0.4) is 0 Å². The molecule has 0 aromatic heterocycles. The smallest absolute Gasteiger partial charge is 0.240 e. The van der Waals surface area contributed by atoms with Crippen LogP contribution in [0.2, 0.25) is 0 Å². The molecule has 0 saturated carbocycles. The van der Waals surface area contributed by atoms with E-state index in [0.29, 0.717) is 4.90 Å². The van der Waals surface area contributed by atoms with Crippen molar-refractivity contribution in [1.82, 2.24) is 10.0 Å². The standard InChI is InChI=1S/C14H24N2O2S/c1-5-13(6-2)16-19(17,18)14-9-7-12(8-10-14)11(3)15-4/h7-11,13,15-16H,5-6H2,1-4H3. The van der Waals surface area contributed by atoms with Crippen molar-refractivity contribution < 1.29 is 8.42 Å². The van der Waals surface area contributed by atoms with Crippen molar-refractivity contribution in [3.05, 3.63) is 29.8 Å². The number of hydrogen-bond donors (Lipinski definition) is 2. The lowest BCUT2D eigenvalue weighted by molar-refractivity contribution is 0.530. The van der Waals surface area contributed by atoms with Gasteiger partial charge in [0.05, 0.1) is 4.90 Å². The second-order valence-electron chi connectivity index (χ2n) is 4.71. The van der Waals surface area contributed by atoms with Gasteiger partial charge in [-0.1, -0.05) is 26.0 Å². The summed E-state index contributed by atoms with van der Waals surface area (Å²) in [6.45, 7) is 5.99. The maximum Gasteiger partial charge on any atom is 0.240 e. The molecule has 0 aliphatic rings. The van der Waals surface area contributed by atoms with Crippen molar-refractivity contribution >= 4 is 10.0 Å². The molecule has 0 bridgehead atoms. The molecule has 108 valence electrons. The molecule has 2 N–H and O–H groups in total. The first-order valence-electron chi connectivity index (χ1n) is 6.74. The lowest BCUT2D eigenvalue weighted by Gasteiger charge is -2.16. The number of nitrogens with one attached hydrogen (secondary N) is 2. The third kappa shape index (κ3) is 4.30. The van der Waals surface area contributed by atoms with E-state index in [1.165, 1.54) is 0 Å². The monoisotopic (exact) mass is 284 g/mol. The highest BCUT2D eigenvalue weighted by Gasteiger charge is 2.18. The molecular weight excluding hydrogens is 260 g/mol. The van der Waals surface area contributed by atoms with Crippen LogP contribution in [0.15, 0.2) is 29.2 Å². The lowest BCUT2D eigenvalue weighted by Crippen LogP contribution is -2.33. The summed E-state index contributed by atoms with van der Waals surface area (Å²) in [5.74, 6) is 0. The first-order valence-corrected chi connectivity index (χ1v) is 8.22. The average Bonchev–Trinajstić information content (AvgIpc) is 2.44. The first-order chi connectivity index (χ1) is 8.94. The Morgan fingerprint density at radius 1 is 1.11 bits per heavy atom. The molecule has 0 aliphatic carbocycles. The summed E-state index contributed by atoms with van der Waals surface area (Å²) in [4.78, 5) is 0.325. The van der Waals surface area contributed by atoms with Crippen molar-refractivity contribution in [2.75, 3.05) is 7.05 Å². The van der Waals surface area contributed by atoms with E-state index in [9.17, 15) is 8.42 Å². The van der Waals surface area contributed by atoms with Crippen molar-refractivity contribution in [2.45, 2.75) is 50.6 Å². The fraction of sp³-hybridized carbons (Fsp3) is 0.571. The lowest BCUT2D eigenvalue weighted by atomic mass is 10.1. The van der Waals surface area contributed by atoms with E-state index >= 15 is 0 Å². The van der Waals surface area contributed by atoms with Gasteiger partial charge in [-0.3, -0.25) is 0 Å². The number of hydrogen-bond acceptors (Lipinski definition) is 3. The molecule has 1 rings (SSSR count). The third-order valence-corrected chi connectivity index (χ3v) is 4.97. The summed E-state index contributed by atoms with van der Waals surface area (Å²) in [7, 11) is -1.52. The van der Waals surface area contributed by atoms with Gasteiger partial charge in [0, 0.05) is 12.1 Å². The Balaban J connectivity index is 2.90. The normalized spacial score (nSPS) is 13.7. The minimum Gasteiger partial charge on any atom is -0.313 e. The SMILES string of the molecule is CCC(CC)NS(=O)(=O)c1ccc(C(C)NC)cc1. The third-order valence-electron chi connectivity index (χ3n) is 3.43. The minimum absolute atomic E-state index is 0.000841. The van der Waals surface area contributed by atoms with Gasteiger partial charge in [0.1, 0.15) is 0 Å². The molecule has 1 aromatic rings. The summed E-state index contributed by atoms with van der Waals surface area (Å²) in [5.41, 5.74) is 1.07. The van der Waals surface area contributed by atoms with Gasteiger partial charge >= 0.3 is 0 Å². The molecule has 0 radical (unpaired) electrons. The van der Waals surface area contributed by atoms with Crippen molar-refractivity contribution in [2.24, 2.45) is 0 Å². The Morgan fingerprint density at radius 2 is 1.63 bits per heavy atom. The highest BCUT2D eigenvalue weighted by atomic mass is 32.2. The second kappa shape index (κ2) is 7.03. The quantitative estimate of drug-likeness (QED) is 0.808. The van der Waals surface area contributed by atoms with Crippen LogP contribution in [-0.4, -0.2) is 21.5 Å². The largest absolute Gasteiger partial charge is 0.313 e. The molecule has 0 aliphatic heterocycles. The summed E-state index contributed by atoms with van der Waals surface area (Å²) < 4.78 is 27.1. The Labute approximate surface area is 116 Å². The van der Waals surface area contributed by atoms with E-state index < -0.39 is 10.0 Å². The number of rotatable bonds is 7. The molecule has 5 heteroatoms. The molecule has 0 heterocycles. The minimum atomic E-state index is -3.40. The first kappa shape index (κ1) is 16.1. The van der Waals surface area contributed by atoms with Crippen molar-refractivity contribution in [3.63, 3.8) is 0 Å². The average molecular weight is 284 g/mol. The summed E-state index contributed by atoms with van der Waals surface area (Å²) in [5, 5.41) is 3.12. The van der Waals surface area contributed by atoms with E-state index in [1.54, 1.807) is 12.1 Å². The molecule has 0 spiro atoms. The zero-order valence-electron chi connectivity index (χ0n) is 12.1. The Kier molecular flexibility index (Phi) is 5.97. The van der Waals surface area contributed by atoms with Gasteiger partial charge in [-0.2, -0.15) is 0 Å². The molecule has 19 heavy (non-hydrogen) atoms. The van der Waals surface area contributed by atoms with Crippen LogP contribution in [0.5, 0.6) is 0 Å². The molecule has 1 unspecified atom stereocenters. The van der Waals surface area contributed by atoms with Gasteiger partial charge in [0.15, 0.2) is 0 Å². The summed E-state index contributed by atoms with van der Waals surface area (Å²) in [6.07, 6.45) is 1.59. The predicted octanol–water partition coefficient (Wildman–Crippen LogP) is 2.43. The van der Waals surface area contributed by atoms with Crippen LogP contribution in [0, 0.1) is 0 Å². The van der Waals surface area contributed by atoms with Gasteiger partial charge in [0.25, 0.3) is 0 Å². The van der Waals surface area contributed by atoms with E-state index in [4.69, 9.17) is 0 Å². The van der Waals surface area contributed by atoms with E-state index in [2.05, 4.69) is 10.0 Å². The molecular formula is C14H24N2O2S. The molecule has 1 aromatic carbocycles. The summed E-state index contributed by atoms with van der Waals surface area (Å²) in [6, 6.07) is 7.23. The predicted molar refractivity (Wildman–Crippen MR) is 78.6 cm³/mol. The molecule has 0 amide bonds. The van der Waals surface area contributed by atoms with E-state index in [-0.39, 0.29) is 12.1 Å². The fourth-order valence-electron chi connectivity index (χ4n) is 1.85. The fourth-order valence-corrected chi connectivity index (χ4v) is 3.25. The van der Waals surface area contributed by atoms with Crippen molar-refractivity contribution in [3.8, 4) is 0 Å². The second-order valence-corrected chi connectivity index (χ2v) is 6.43. The highest BCUT2D eigenvalue weighted by molar-refractivity contribution is 7.89. The van der Waals surface area contributed by atoms with Gasteiger partial charge in [-0.15, -0.1) is 0 Å². The number of sulfonamides is 1. The zero-order chi connectivity index (χ0) is 14.5. The topological polar surface area (TPSA) is 58.2 Å². The maximum absolute atomic E-state index is 12.2. The van der Waals surface area contributed by atoms with Crippen LogP contribution in [0.1, 0.15) is 45.2 Å². The Morgan fingerprint density at radius 3 is 2.05 bits per heavy atom. The molecule has 0 saturated heterocycles. The molecule has 1 atom stereocenters.